The van der Waals surface area contributed by atoms with Gasteiger partial charge in [-0.1, -0.05) is 197 Å². The average Bonchev–Trinajstić information content (AvgIpc) is 3.35. The Labute approximate surface area is 430 Å². The van der Waals surface area contributed by atoms with Crippen LogP contribution in [-0.4, -0.2) is 89.2 Å². The van der Waals surface area contributed by atoms with Gasteiger partial charge in [0.2, 0.25) is 0 Å². The third kappa shape index (κ3) is 37.8. The van der Waals surface area contributed by atoms with E-state index in [-0.39, 0.29) is 25.9 Å². The van der Waals surface area contributed by atoms with Crippen LogP contribution in [-0.2, 0) is 42.9 Å². The molecule has 0 amide bonds. The van der Waals surface area contributed by atoms with Gasteiger partial charge in [-0.05, 0) is 83.5 Å². The molecule has 1 fully saturated rings. The summed E-state index contributed by atoms with van der Waals surface area (Å²) in [5.74, 6) is -3.16. The smallest absolute Gasteiger partial charge is 0.335 e. The number of hydrogen-bond donors (Lipinski definition) is 3. The molecule has 1 aliphatic heterocycles. The highest BCUT2D eigenvalue weighted by Crippen LogP contribution is 2.26. The maximum absolute atomic E-state index is 13.1. The maximum atomic E-state index is 13.1. The van der Waals surface area contributed by atoms with E-state index in [9.17, 15) is 34.5 Å². The van der Waals surface area contributed by atoms with E-state index in [0.717, 1.165) is 103 Å². The summed E-state index contributed by atoms with van der Waals surface area (Å²) in [6.45, 7) is 5.80. The van der Waals surface area contributed by atoms with Crippen LogP contribution >= 0.6 is 0 Å². The molecule has 6 unspecified atom stereocenters. The third-order valence-electron chi connectivity index (χ3n) is 12.6. The topological polar surface area (TPSA) is 175 Å². The number of allylic oxidation sites excluding steroid dienone is 10. The minimum Gasteiger partial charge on any atom is -0.479 e. The number of aliphatic hydroxyl groups excluding tert-OH is 2. The van der Waals surface area contributed by atoms with E-state index in [1.807, 2.05) is 0 Å². The summed E-state index contributed by atoms with van der Waals surface area (Å²) in [6, 6.07) is 0. The predicted octanol–water partition coefficient (Wildman–Crippen LogP) is 14.0. The first-order valence-electron chi connectivity index (χ1n) is 28.3. The van der Waals surface area contributed by atoms with Crippen LogP contribution in [0.15, 0.2) is 60.8 Å². The Hall–Kier alpha value is -3.58. The van der Waals surface area contributed by atoms with Crippen LogP contribution in [0.1, 0.15) is 239 Å². The molecule has 12 heteroatoms. The monoisotopic (exact) mass is 1000 g/mol. The van der Waals surface area contributed by atoms with Gasteiger partial charge in [0.15, 0.2) is 24.6 Å². The lowest BCUT2D eigenvalue weighted by Crippen LogP contribution is -2.61. The van der Waals surface area contributed by atoms with Crippen molar-refractivity contribution in [1.82, 2.24) is 0 Å². The van der Waals surface area contributed by atoms with Gasteiger partial charge in [-0.3, -0.25) is 14.4 Å². The van der Waals surface area contributed by atoms with E-state index < -0.39 is 67.3 Å². The summed E-state index contributed by atoms with van der Waals surface area (Å²) in [7, 11) is 0. The molecule has 1 rings (SSSR count). The van der Waals surface area contributed by atoms with Gasteiger partial charge in [-0.15, -0.1) is 0 Å². The lowest BCUT2D eigenvalue weighted by Gasteiger charge is -2.40. The first-order valence-corrected chi connectivity index (χ1v) is 28.3. The summed E-state index contributed by atoms with van der Waals surface area (Å²) in [6.07, 6.45) is 44.9. The Morgan fingerprint density at radius 2 is 0.887 bits per heavy atom. The maximum Gasteiger partial charge on any atom is 0.335 e. The van der Waals surface area contributed by atoms with Gasteiger partial charge in [-0.25, -0.2) is 4.79 Å². The van der Waals surface area contributed by atoms with Crippen molar-refractivity contribution in [2.45, 2.75) is 276 Å². The van der Waals surface area contributed by atoms with Crippen molar-refractivity contribution in [2.75, 3.05) is 13.2 Å². The van der Waals surface area contributed by atoms with Crippen LogP contribution < -0.4 is 0 Å². The average molecular weight is 1000 g/mol. The van der Waals surface area contributed by atoms with E-state index in [2.05, 4.69) is 81.5 Å². The molecule has 0 aromatic heterocycles. The van der Waals surface area contributed by atoms with Gasteiger partial charge in [0.25, 0.3) is 0 Å². The molecule has 0 spiro atoms. The first-order chi connectivity index (χ1) is 34.6. The number of aliphatic carboxylic acids is 1. The molecule has 12 nitrogen and oxygen atoms in total. The first kappa shape index (κ1) is 65.4. The number of aliphatic hydroxyl groups is 2. The highest BCUT2D eigenvalue weighted by atomic mass is 16.7. The molecular weight excluding hydrogens is 901 g/mol. The number of carboxylic acid groups (broad SMARTS) is 1. The van der Waals surface area contributed by atoms with Crippen molar-refractivity contribution in [3.05, 3.63) is 60.8 Å². The van der Waals surface area contributed by atoms with Crippen LogP contribution in [0.5, 0.6) is 0 Å². The molecule has 3 N–H and O–H groups in total. The number of carbonyl (C=O) groups is 4. The SMILES string of the molecule is CC/C=C\C/C=C\C/C=C\CCCCCC(=O)OC(COC(=O)CCCCCCCCC/C=C\C/C=C\CCCCC)COC1OC(C(=O)O)C(O)C(O)C1OC(=O)CCCCCCCCCCCCC. The van der Waals surface area contributed by atoms with Crippen LogP contribution in [0.3, 0.4) is 0 Å². The second-order valence-electron chi connectivity index (χ2n) is 19.2. The summed E-state index contributed by atoms with van der Waals surface area (Å²) >= 11 is 0. The number of hydrogen-bond acceptors (Lipinski definition) is 11. The van der Waals surface area contributed by atoms with Crippen molar-refractivity contribution in [2.24, 2.45) is 0 Å². The molecule has 71 heavy (non-hydrogen) atoms. The molecule has 408 valence electrons. The number of ether oxygens (including phenoxy) is 5. The summed E-state index contributed by atoms with van der Waals surface area (Å²) in [5.41, 5.74) is 0. The highest BCUT2D eigenvalue weighted by Gasteiger charge is 2.50. The molecule has 0 aromatic rings. The van der Waals surface area contributed by atoms with Crippen LogP contribution in [0, 0.1) is 0 Å². The Morgan fingerprint density at radius 1 is 0.479 bits per heavy atom. The number of unbranched alkanes of at least 4 members (excludes halogenated alkanes) is 23. The van der Waals surface area contributed by atoms with Crippen LogP contribution in [0.2, 0.25) is 0 Å². The van der Waals surface area contributed by atoms with Gasteiger partial charge in [0, 0.05) is 19.3 Å². The van der Waals surface area contributed by atoms with Crippen molar-refractivity contribution < 1.29 is 58.2 Å². The molecule has 1 aliphatic rings. The lowest BCUT2D eigenvalue weighted by molar-refractivity contribution is -0.301. The molecule has 1 saturated heterocycles. The zero-order valence-corrected chi connectivity index (χ0v) is 44.7. The summed E-state index contributed by atoms with van der Waals surface area (Å²) in [4.78, 5) is 50.9. The van der Waals surface area contributed by atoms with Gasteiger partial charge in [0.1, 0.15) is 18.8 Å². The standard InChI is InChI=1S/C59H100O12/c1-4-7-10-13-16-19-22-24-25-26-27-29-31-33-36-39-42-45-51(60)67-48-50(69-52(61)46-43-40-37-35-32-28-23-20-17-14-11-8-5-2)49-68-59-57(55(64)54(63)56(71-59)58(65)66)70-53(62)47-44-41-38-34-30-21-18-15-12-9-6-3/h8,11,16-17,19-20,24-25,28,32,50,54-57,59,63-64H,4-7,9-10,12-15,18,21-23,26-27,29-31,33-49H2,1-3H3,(H,65,66)/b11-8-,19-16-,20-17-,25-24-,32-28-. The number of esters is 3. The van der Waals surface area contributed by atoms with E-state index in [4.69, 9.17) is 23.7 Å². The summed E-state index contributed by atoms with van der Waals surface area (Å²) < 4.78 is 28.3. The van der Waals surface area contributed by atoms with Crippen molar-refractivity contribution in [3.8, 4) is 0 Å². The molecular formula is C59H100O12. The fraction of sp³-hybridized carbons (Fsp3) is 0.763. The Kier molecular flexibility index (Phi) is 43.7. The second kappa shape index (κ2) is 47.4. The molecule has 6 atom stereocenters. The number of carboxylic acids is 1. The normalized spacial score (nSPS) is 18.9. The molecule has 0 aromatic carbocycles. The van der Waals surface area contributed by atoms with Crippen LogP contribution in [0.4, 0.5) is 0 Å². The molecule has 0 aliphatic carbocycles. The van der Waals surface area contributed by atoms with E-state index in [0.29, 0.717) is 19.3 Å². The Bertz CT molecular complexity index is 1470. The number of rotatable bonds is 47. The Balaban J connectivity index is 2.71. The largest absolute Gasteiger partial charge is 0.479 e. The van der Waals surface area contributed by atoms with E-state index in [1.165, 1.54) is 77.0 Å². The minimum absolute atomic E-state index is 0.0575. The quantitative estimate of drug-likeness (QED) is 0.0228. The fourth-order valence-corrected chi connectivity index (χ4v) is 8.24. The van der Waals surface area contributed by atoms with Crippen molar-refractivity contribution >= 4 is 23.9 Å². The fourth-order valence-electron chi connectivity index (χ4n) is 8.24. The minimum atomic E-state index is -1.91. The molecule has 0 bridgehead atoms. The third-order valence-corrected chi connectivity index (χ3v) is 12.6. The Morgan fingerprint density at radius 3 is 1.39 bits per heavy atom. The molecule has 0 saturated carbocycles. The van der Waals surface area contributed by atoms with Crippen LogP contribution in [0.25, 0.3) is 0 Å². The lowest BCUT2D eigenvalue weighted by atomic mass is 9.98. The van der Waals surface area contributed by atoms with Gasteiger partial charge >= 0.3 is 23.9 Å². The zero-order chi connectivity index (χ0) is 51.8. The second-order valence-corrected chi connectivity index (χ2v) is 19.2. The van der Waals surface area contributed by atoms with Gasteiger partial charge in [0.05, 0.1) is 6.61 Å². The van der Waals surface area contributed by atoms with Crippen molar-refractivity contribution in [1.29, 1.82) is 0 Å². The summed E-state index contributed by atoms with van der Waals surface area (Å²) in [5, 5.41) is 31.4. The predicted molar refractivity (Wildman–Crippen MR) is 285 cm³/mol. The van der Waals surface area contributed by atoms with Crippen molar-refractivity contribution in [3.63, 3.8) is 0 Å². The highest BCUT2D eigenvalue weighted by molar-refractivity contribution is 5.74. The van der Waals surface area contributed by atoms with Gasteiger partial charge in [-0.2, -0.15) is 0 Å². The van der Waals surface area contributed by atoms with E-state index in [1.54, 1.807) is 0 Å². The van der Waals surface area contributed by atoms with Gasteiger partial charge < -0.3 is 39.0 Å². The number of carbonyl (C=O) groups excluding carboxylic acids is 3. The zero-order valence-electron chi connectivity index (χ0n) is 44.7. The molecule has 0 radical (unpaired) electrons. The van der Waals surface area contributed by atoms with E-state index >= 15 is 0 Å². The molecule has 1 heterocycles.